The highest BCUT2D eigenvalue weighted by Gasteiger charge is 2.22. The maximum Gasteiger partial charge on any atom is 0.407 e. The first-order valence-corrected chi connectivity index (χ1v) is 6.65. The molecule has 0 aliphatic carbocycles. The van der Waals surface area contributed by atoms with E-state index in [1.165, 1.54) is 11.9 Å². The molecule has 1 amide bonds. The molecular formula is C16H21N3O2. The highest BCUT2D eigenvalue weighted by molar-refractivity contribution is 5.84. The largest absolute Gasteiger partial charge is 0.447 e. The van der Waals surface area contributed by atoms with Gasteiger partial charge in [-0.2, -0.15) is 0 Å². The molecule has 5 heteroatoms. The fourth-order valence-electron chi connectivity index (χ4n) is 2.31. The molecule has 1 aliphatic rings. The van der Waals surface area contributed by atoms with Crippen LogP contribution in [0, 0.1) is 0 Å². The van der Waals surface area contributed by atoms with Crippen LogP contribution in [0.1, 0.15) is 20.7 Å². The molecule has 1 aromatic heterocycles. The molecular weight excluding hydrogens is 266 g/mol. The summed E-state index contributed by atoms with van der Waals surface area (Å²) in [5.74, 6) is 0. The predicted molar refractivity (Wildman–Crippen MR) is 82.5 cm³/mol. The Morgan fingerprint density at radius 1 is 1.67 bits per heavy atom. The number of ether oxygens (including phenoxy) is 1. The fourth-order valence-corrected chi connectivity index (χ4v) is 2.31. The van der Waals surface area contributed by atoms with E-state index in [1.54, 1.807) is 18.2 Å². The molecule has 1 atom stereocenters. The van der Waals surface area contributed by atoms with E-state index in [1.807, 2.05) is 0 Å². The lowest BCUT2D eigenvalue weighted by molar-refractivity contribution is 0.177. The second-order valence-electron chi connectivity index (χ2n) is 5.05. The molecule has 2 heterocycles. The number of H-pyrrole nitrogens is 1. The van der Waals surface area contributed by atoms with Crippen molar-refractivity contribution < 1.29 is 19.1 Å². The van der Waals surface area contributed by atoms with Crippen molar-refractivity contribution in [3.05, 3.63) is 35.5 Å². The molecule has 1 aromatic carbocycles. The standard InChI is InChI=1S/C16H21N3O2/c1-19(2)6-5-12-9-17-15-4-3-11(8-14(12)15)7-13-10-21-16(20)18-13/h3-4,8-9,13,17H,5-7,10H2,1-2H3,(H,18,20)/t13-/m0/s1/i1D3,9D,10D2,13D. The minimum atomic E-state index is -2.48. The zero-order chi connectivity index (χ0) is 20.9. The molecule has 0 bridgehead atoms. The minimum Gasteiger partial charge on any atom is -0.447 e. The molecule has 112 valence electrons. The maximum absolute atomic E-state index is 11.4. The monoisotopic (exact) mass is 294 g/mol. The van der Waals surface area contributed by atoms with Crippen LogP contribution in [0.5, 0.6) is 0 Å². The van der Waals surface area contributed by atoms with Gasteiger partial charge in [-0.05, 0) is 50.1 Å². The first kappa shape index (κ1) is 7.84. The van der Waals surface area contributed by atoms with Crippen LogP contribution in [-0.2, 0) is 17.6 Å². The van der Waals surface area contributed by atoms with Gasteiger partial charge in [0.1, 0.15) is 6.56 Å². The third-order valence-corrected chi connectivity index (χ3v) is 3.36. The van der Waals surface area contributed by atoms with Crippen molar-refractivity contribution in [2.45, 2.75) is 18.9 Å². The molecule has 1 aliphatic heterocycles. The number of fused-ring (bicyclic) bond motifs is 1. The summed E-state index contributed by atoms with van der Waals surface area (Å²) in [5.41, 5.74) is 1.91. The van der Waals surface area contributed by atoms with E-state index >= 15 is 0 Å². The van der Waals surface area contributed by atoms with Crippen molar-refractivity contribution in [1.29, 1.82) is 0 Å². The van der Waals surface area contributed by atoms with E-state index in [4.69, 9.17) is 9.60 Å². The molecule has 2 aromatic rings. The average molecular weight is 294 g/mol. The molecule has 2 N–H and O–H groups in total. The van der Waals surface area contributed by atoms with Gasteiger partial charge < -0.3 is 19.9 Å². The SMILES string of the molecule is [2H]c1[nH]c2ccc(C[C@]3([2H])NC(=O)OC3([2H])[2H])cc2c1CCN(C)C([2H])([2H])[2H]. The van der Waals surface area contributed by atoms with Gasteiger partial charge in [0.15, 0.2) is 0 Å². The van der Waals surface area contributed by atoms with Gasteiger partial charge in [0.05, 0.1) is 11.5 Å². The molecule has 3 rings (SSSR count). The number of likely N-dealkylation sites (N-methyl/N-ethyl adjacent to an activating group) is 1. The van der Waals surface area contributed by atoms with Crippen molar-refractivity contribution in [1.82, 2.24) is 15.2 Å². The Morgan fingerprint density at radius 2 is 2.57 bits per heavy atom. The first-order chi connectivity index (χ1) is 12.8. The van der Waals surface area contributed by atoms with Crippen molar-refractivity contribution in [3.8, 4) is 0 Å². The third kappa shape index (κ3) is 3.19. The summed E-state index contributed by atoms with van der Waals surface area (Å²) in [5, 5.41) is 2.91. The molecule has 0 unspecified atom stereocenters. The number of carbonyl (C=O) groups is 1. The van der Waals surface area contributed by atoms with Crippen LogP contribution in [0.2, 0.25) is 0 Å². The molecule has 0 radical (unpaired) electrons. The smallest absolute Gasteiger partial charge is 0.407 e. The number of amides is 1. The van der Waals surface area contributed by atoms with Gasteiger partial charge in [0.25, 0.3) is 0 Å². The predicted octanol–water partition coefficient (Wildman–Crippen LogP) is 1.92. The summed E-state index contributed by atoms with van der Waals surface area (Å²) >= 11 is 0. The normalized spacial score (nSPS) is 29.6. The minimum absolute atomic E-state index is 0.130. The number of aromatic nitrogens is 1. The Bertz CT molecular complexity index is 912. The summed E-state index contributed by atoms with van der Waals surface area (Å²) in [4.78, 5) is 15.6. The van der Waals surface area contributed by atoms with Crippen molar-refractivity contribution in [3.63, 3.8) is 0 Å². The van der Waals surface area contributed by atoms with Crippen LogP contribution in [0.25, 0.3) is 10.9 Å². The van der Waals surface area contributed by atoms with E-state index < -0.39 is 25.6 Å². The number of nitrogens with zero attached hydrogens (tertiary/aromatic N) is 1. The van der Waals surface area contributed by atoms with E-state index in [2.05, 4.69) is 15.0 Å². The molecule has 21 heavy (non-hydrogen) atoms. The highest BCUT2D eigenvalue weighted by atomic mass is 16.6. The molecule has 0 spiro atoms. The zero-order valence-corrected chi connectivity index (χ0v) is 11.6. The van der Waals surface area contributed by atoms with Gasteiger partial charge in [-0.25, -0.2) is 4.79 Å². The van der Waals surface area contributed by atoms with Crippen LogP contribution >= 0.6 is 0 Å². The lowest BCUT2D eigenvalue weighted by Crippen LogP contribution is -2.28. The number of hydrogen-bond donors (Lipinski definition) is 2. The highest BCUT2D eigenvalue weighted by Crippen LogP contribution is 2.21. The third-order valence-electron chi connectivity index (χ3n) is 3.36. The van der Waals surface area contributed by atoms with E-state index in [-0.39, 0.29) is 19.1 Å². The fraction of sp³-hybridized carbons (Fsp3) is 0.438. The topological polar surface area (TPSA) is 57.4 Å². The summed E-state index contributed by atoms with van der Waals surface area (Å²) in [6.07, 6.45) is -0.595. The molecule has 1 saturated heterocycles. The zero-order valence-electron chi connectivity index (χ0n) is 18.6. The molecule has 0 saturated carbocycles. The number of cyclic esters (lactones) is 1. The van der Waals surface area contributed by atoms with E-state index in [9.17, 15) is 4.79 Å². The van der Waals surface area contributed by atoms with Gasteiger partial charge in [0.2, 0.25) is 0 Å². The number of carbonyl (C=O) groups excluding carboxylic acids is 1. The number of alkyl carbamates (subject to hydrolysis) is 1. The van der Waals surface area contributed by atoms with Gasteiger partial charge >= 0.3 is 6.09 Å². The maximum atomic E-state index is 11.4. The van der Waals surface area contributed by atoms with Crippen LogP contribution in [-0.4, -0.2) is 49.1 Å². The Balaban J connectivity index is 1.88. The van der Waals surface area contributed by atoms with Crippen molar-refractivity contribution in [2.75, 3.05) is 27.1 Å². The van der Waals surface area contributed by atoms with Crippen molar-refractivity contribution >= 4 is 17.0 Å². The van der Waals surface area contributed by atoms with Gasteiger partial charge in [0, 0.05) is 27.7 Å². The Morgan fingerprint density at radius 3 is 3.33 bits per heavy atom. The Labute approximate surface area is 134 Å². The number of hydrogen-bond acceptors (Lipinski definition) is 3. The van der Waals surface area contributed by atoms with Crippen LogP contribution in [0.4, 0.5) is 4.79 Å². The second-order valence-corrected chi connectivity index (χ2v) is 5.05. The van der Waals surface area contributed by atoms with E-state index in [0.717, 1.165) is 0 Å². The Hall–Kier alpha value is -2.01. The van der Waals surface area contributed by atoms with Crippen LogP contribution < -0.4 is 5.32 Å². The number of aromatic amines is 1. The number of rotatable bonds is 5. The van der Waals surface area contributed by atoms with Crippen LogP contribution in [0.3, 0.4) is 0 Å². The summed E-state index contributed by atoms with van der Waals surface area (Å²) in [7, 11) is 1.49. The van der Waals surface area contributed by atoms with Gasteiger partial charge in [-0.3, -0.25) is 0 Å². The second kappa shape index (κ2) is 5.77. The summed E-state index contributed by atoms with van der Waals surface area (Å²) < 4.78 is 58.8. The van der Waals surface area contributed by atoms with Crippen molar-refractivity contribution in [2.24, 2.45) is 0 Å². The molecule has 1 fully saturated rings. The number of nitrogens with one attached hydrogen (secondary N) is 2. The summed E-state index contributed by atoms with van der Waals surface area (Å²) in [6.45, 7) is -4.47. The quantitative estimate of drug-likeness (QED) is 0.886. The Kier molecular flexibility index (Phi) is 2.16. The summed E-state index contributed by atoms with van der Waals surface area (Å²) in [6, 6.07) is 3.16. The number of benzene rings is 1. The first-order valence-electron chi connectivity index (χ1n) is 10.1. The van der Waals surface area contributed by atoms with Gasteiger partial charge in [-0.15, -0.1) is 0 Å². The lowest BCUT2D eigenvalue weighted by atomic mass is 10.0. The van der Waals surface area contributed by atoms with Crippen LogP contribution in [0.15, 0.2) is 24.4 Å². The average Bonchev–Trinajstić information content (AvgIpc) is 2.95. The lowest BCUT2D eigenvalue weighted by Gasteiger charge is -2.09. The van der Waals surface area contributed by atoms with E-state index in [0.29, 0.717) is 28.5 Å². The van der Waals surface area contributed by atoms with Gasteiger partial charge in [-0.1, -0.05) is 6.07 Å². The molecule has 5 nitrogen and oxygen atoms in total.